The monoisotopic (exact) mass is 273 g/mol. The second-order valence-electron chi connectivity index (χ2n) is 5.38. The predicted octanol–water partition coefficient (Wildman–Crippen LogP) is 3.81. The first kappa shape index (κ1) is 13.8. The van der Waals surface area contributed by atoms with Crippen LogP contribution in [0.3, 0.4) is 0 Å². The van der Waals surface area contributed by atoms with Gasteiger partial charge in [-0.15, -0.1) is 5.98 Å². The maximum absolute atomic E-state index is 3.35. The van der Waals surface area contributed by atoms with E-state index in [0.717, 1.165) is 6.54 Å². The molecule has 0 aromatic heterocycles. The number of hydrogen-bond donors (Lipinski definition) is 1. The number of benzene rings is 2. The van der Waals surface area contributed by atoms with Gasteiger partial charge in [-0.2, -0.15) is 0 Å². The summed E-state index contributed by atoms with van der Waals surface area (Å²) in [5.41, 5.74) is 3.93. The average molecular weight is 273 g/mol. The SMILES string of the molecule is CCNc1ccc(B2C=CC=CC2c2ccccc2)cc1. The maximum atomic E-state index is 3.35. The highest BCUT2D eigenvalue weighted by Gasteiger charge is 2.25. The van der Waals surface area contributed by atoms with Crippen LogP contribution in [-0.2, 0) is 0 Å². The molecule has 1 atom stereocenters. The number of allylic oxidation sites excluding steroid dienone is 3. The zero-order chi connectivity index (χ0) is 14.5. The lowest BCUT2D eigenvalue weighted by Crippen LogP contribution is -2.35. The third kappa shape index (κ3) is 3.10. The van der Waals surface area contributed by atoms with Gasteiger partial charge in [0.2, 0.25) is 6.71 Å². The van der Waals surface area contributed by atoms with E-state index in [0.29, 0.717) is 12.5 Å². The minimum Gasteiger partial charge on any atom is -0.385 e. The molecule has 3 rings (SSSR count). The summed E-state index contributed by atoms with van der Waals surface area (Å²) in [6, 6.07) is 19.6. The van der Waals surface area contributed by atoms with Crippen molar-refractivity contribution in [3.8, 4) is 0 Å². The Morgan fingerprint density at radius 3 is 2.43 bits per heavy atom. The van der Waals surface area contributed by atoms with E-state index in [-0.39, 0.29) is 0 Å². The molecular formula is C19H20BN. The molecule has 0 aliphatic carbocycles. The number of nitrogens with one attached hydrogen (secondary N) is 1. The van der Waals surface area contributed by atoms with Crippen molar-refractivity contribution in [2.45, 2.75) is 12.7 Å². The zero-order valence-corrected chi connectivity index (χ0v) is 12.4. The molecule has 0 radical (unpaired) electrons. The van der Waals surface area contributed by atoms with Crippen molar-refractivity contribution in [1.29, 1.82) is 0 Å². The van der Waals surface area contributed by atoms with Crippen LogP contribution in [0.25, 0.3) is 0 Å². The largest absolute Gasteiger partial charge is 0.385 e. The molecule has 1 aliphatic heterocycles. The Bertz CT molecular complexity index is 628. The predicted molar refractivity (Wildman–Crippen MR) is 93.5 cm³/mol. The van der Waals surface area contributed by atoms with E-state index < -0.39 is 0 Å². The van der Waals surface area contributed by atoms with Gasteiger partial charge in [0.1, 0.15) is 0 Å². The molecule has 0 spiro atoms. The topological polar surface area (TPSA) is 12.0 Å². The Hall–Kier alpha value is -2.22. The first-order chi connectivity index (χ1) is 10.4. The lowest BCUT2D eigenvalue weighted by atomic mass is 9.35. The summed E-state index contributed by atoms with van der Waals surface area (Å²) in [7, 11) is 0. The smallest absolute Gasteiger partial charge is 0.212 e. The summed E-state index contributed by atoms with van der Waals surface area (Å²) in [5, 5.41) is 3.35. The summed E-state index contributed by atoms with van der Waals surface area (Å²) < 4.78 is 0. The van der Waals surface area contributed by atoms with E-state index in [1.807, 2.05) is 0 Å². The lowest BCUT2D eigenvalue weighted by Gasteiger charge is -2.22. The number of rotatable bonds is 4. The van der Waals surface area contributed by atoms with E-state index in [1.54, 1.807) is 0 Å². The highest BCUT2D eigenvalue weighted by atomic mass is 14.8. The highest BCUT2D eigenvalue weighted by molar-refractivity contribution is 6.79. The third-order valence-corrected chi connectivity index (χ3v) is 4.00. The Morgan fingerprint density at radius 1 is 0.952 bits per heavy atom. The van der Waals surface area contributed by atoms with Gasteiger partial charge in [0.15, 0.2) is 0 Å². The van der Waals surface area contributed by atoms with Crippen LogP contribution in [-0.4, -0.2) is 13.3 Å². The van der Waals surface area contributed by atoms with Crippen LogP contribution in [0.1, 0.15) is 18.3 Å². The zero-order valence-electron chi connectivity index (χ0n) is 12.4. The van der Waals surface area contributed by atoms with Crippen LogP contribution in [0.2, 0.25) is 0 Å². The average Bonchev–Trinajstić information content (AvgIpc) is 2.57. The summed E-state index contributed by atoms with van der Waals surface area (Å²) >= 11 is 0. The quantitative estimate of drug-likeness (QED) is 0.835. The molecule has 0 amide bonds. The second-order valence-corrected chi connectivity index (χ2v) is 5.38. The van der Waals surface area contributed by atoms with E-state index in [9.17, 15) is 0 Å². The first-order valence-corrected chi connectivity index (χ1v) is 7.62. The van der Waals surface area contributed by atoms with Crippen molar-refractivity contribution in [3.05, 3.63) is 84.4 Å². The van der Waals surface area contributed by atoms with E-state index in [2.05, 4.69) is 91.0 Å². The molecule has 0 fully saturated rings. The molecule has 1 unspecified atom stereocenters. The molecule has 21 heavy (non-hydrogen) atoms. The van der Waals surface area contributed by atoms with Crippen molar-refractivity contribution in [2.24, 2.45) is 0 Å². The highest BCUT2D eigenvalue weighted by Crippen LogP contribution is 2.24. The molecule has 104 valence electrons. The van der Waals surface area contributed by atoms with Crippen LogP contribution in [0, 0.1) is 0 Å². The Kier molecular flexibility index (Phi) is 4.25. The molecule has 1 nitrogen and oxygen atoms in total. The second kappa shape index (κ2) is 6.49. The minimum atomic E-state index is 0.410. The van der Waals surface area contributed by atoms with Crippen molar-refractivity contribution in [2.75, 3.05) is 11.9 Å². The lowest BCUT2D eigenvalue weighted by molar-refractivity contribution is 1.17. The van der Waals surface area contributed by atoms with Gasteiger partial charge < -0.3 is 5.32 Å². The van der Waals surface area contributed by atoms with E-state index in [1.165, 1.54) is 16.7 Å². The maximum Gasteiger partial charge on any atom is 0.212 e. The molecule has 0 saturated heterocycles. The van der Waals surface area contributed by atoms with E-state index >= 15 is 0 Å². The summed E-state index contributed by atoms with van der Waals surface area (Å²) in [6.07, 6.45) is 6.61. The number of hydrogen-bond acceptors (Lipinski definition) is 1. The minimum absolute atomic E-state index is 0.410. The van der Waals surface area contributed by atoms with Gasteiger partial charge in [0, 0.05) is 12.2 Å². The van der Waals surface area contributed by atoms with Gasteiger partial charge in [-0.1, -0.05) is 66.2 Å². The van der Waals surface area contributed by atoms with Crippen LogP contribution >= 0.6 is 0 Å². The van der Waals surface area contributed by atoms with Gasteiger partial charge in [-0.05, 0) is 30.4 Å². The standard InChI is InChI=1S/C19H20BN/c1-2-21-18-13-11-17(12-14-18)20-15-7-6-10-19(20)16-8-4-3-5-9-16/h3-15,19,21H,2H2,1H3. The summed E-state index contributed by atoms with van der Waals surface area (Å²) in [6.45, 7) is 3.49. The van der Waals surface area contributed by atoms with Crippen LogP contribution < -0.4 is 10.8 Å². The van der Waals surface area contributed by atoms with Crippen molar-refractivity contribution in [1.82, 2.24) is 0 Å². The molecule has 2 heteroatoms. The summed E-state index contributed by atoms with van der Waals surface area (Å²) in [5.74, 6) is 2.72. The fraction of sp³-hybridized carbons (Fsp3) is 0.158. The molecular weight excluding hydrogens is 253 g/mol. The normalized spacial score (nSPS) is 17.0. The molecule has 0 bridgehead atoms. The third-order valence-electron chi connectivity index (χ3n) is 4.00. The fourth-order valence-electron chi connectivity index (χ4n) is 2.95. The first-order valence-electron chi connectivity index (χ1n) is 7.62. The van der Waals surface area contributed by atoms with Gasteiger partial charge in [-0.25, -0.2) is 0 Å². The van der Waals surface area contributed by atoms with Gasteiger partial charge in [0.25, 0.3) is 0 Å². The summed E-state index contributed by atoms with van der Waals surface area (Å²) in [4.78, 5) is 0. The molecule has 2 aromatic rings. The fourth-order valence-corrected chi connectivity index (χ4v) is 2.95. The Labute approximate surface area is 127 Å². The Balaban J connectivity index is 1.88. The van der Waals surface area contributed by atoms with Gasteiger partial charge in [-0.3, -0.25) is 0 Å². The van der Waals surface area contributed by atoms with Crippen LogP contribution in [0.15, 0.2) is 78.8 Å². The van der Waals surface area contributed by atoms with Crippen LogP contribution in [0.4, 0.5) is 5.69 Å². The molecule has 1 N–H and O–H groups in total. The molecule has 0 saturated carbocycles. The van der Waals surface area contributed by atoms with Crippen molar-refractivity contribution in [3.63, 3.8) is 0 Å². The van der Waals surface area contributed by atoms with Gasteiger partial charge >= 0.3 is 0 Å². The van der Waals surface area contributed by atoms with Crippen LogP contribution in [0.5, 0.6) is 0 Å². The van der Waals surface area contributed by atoms with E-state index in [4.69, 9.17) is 0 Å². The number of anilines is 1. The molecule has 1 heterocycles. The Morgan fingerprint density at radius 2 is 1.71 bits per heavy atom. The molecule has 2 aromatic carbocycles. The van der Waals surface area contributed by atoms with Crippen molar-refractivity contribution < 1.29 is 0 Å². The molecule has 1 aliphatic rings. The van der Waals surface area contributed by atoms with Gasteiger partial charge in [0.05, 0.1) is 0 Å². The van der Waals surface area contributed by atoms with Crippen molar-refractivity contribution >= 4 is 17.9 Å².